The predicted octanol–water partition coefficient (Wildman–Crippen LogP) is 13.5. The Hall–Kier alpha value is -3.87. The first kappa shape index (κ1) is 79.2. The third-order valence-corrected chi connectivity index (χ3v) is 15.6. The highest BCUT2D eigenvalue weighted by Crippen LogP contribution is 2.30. The lowest BCUT2D eigenvalue weighted by Gasteiger charge is -2.46. The standard InChI is InChI=1S/C73H121NO13/c1-3-5-7-9-11-13-15-17-19-20-21-22-23-24-25-26-27-28-29-30-31-32-33-34-35-36-37-38-39-40-41-42-43-45-47-49-51-53-55-57-65(78)74-61(62(77)56-54-52-50-48-46-44-18-16-14-12-10-8-6-4-2)60-84-72-70(83)68(81)71(64(59-76)86-72)87-73-69(82)67(80)66(79)63(58-75)85-73/h5,7,11,13,17,19,21-22,24-25,27-28,30-31,33-34,36-37,46,48,54,56,61-64,66-73,75-77,79-83H,3-4,6,8-10,12,14-16,18,20,23,26,29,32,35,38-45,47,49-53,55,57-60H2,1-2H3,(H,74,78)/b7-5-,13-11-,19-17-,22-21-,25-24-,28-27-,31-30-,34-33-,37-36-,48-46+,56-54+. The Bertz CT molecular complexity index is 1970. The van der Waals surface area contributed by atoms with Gasteiger partial charge in [0.05, 0.1) is 32.0 Å². The average molecular weight is 1220 g/mol. The van der Waals surface area contributed by atoms with Crippen LogP contribution in [0.3, 0.4) is 0 Å². The zero-order valence-corrected chi connectivity index (χ0v) is 53.7. The van der Waals surface area contributed by atoms with Crippen molar-refractivity contribution in [2.45, 2.75) is 299 Å². The molecule has 0 bridgehead atoms. The van der Waals surface area contributed by atoms with Gasteiger partial charge in [0.25, 0.3) is 0 Å². The van der Waals surface area contributed by atoms with Crippen molar-refractivity contribution in [1.29, 1.82) is 0 Å². The summed E-state index contributed by atoms with van der Waals surface area (Å²) < 4.78 is 22.8. The van der Waals surface area contributed by atoms with Crippen molar-refractivity contribution in [3.63, 3.8) is 0 Å². The van der Waals surface area contributed by atoms with Gasteiger partial charge >= 0.3 is 0 Å². The van der Waals surface area contributed by atoms with Crippen molar-refractivity contribution in [3.05, 3.63) is 134 Å². The number of hydrogen-bond acceptors (Lipinski definition) is 13. The topological polar surface area (TPSA) is 228 Å². The van der Waals surface area contributed by atoms with Crippen LogP contribution in [0.1, 0.15) is 226 Å². The van der Waals surface area contributed by atoms with E-state index in [1.807, 2.05) is 6.08 Å². The molecule has 0 aromatic carbocycles. The van der Waals surface area contributed by atoms with Crippen LogP contribution in [-0.2, 0) is 23.7 Å². The fourth-order valence-electron chi connectivity index (χ4n) is 10.2. The zero-order chi connectivity index (χ0) is 63.1. The molecule has 9 N–H and O–H groups in total. The fraction of sp³-hybridized carbons (Fsp3) is 0.685. The van der Waals surface area contributed by atoms with Crippen LogP contribution < -0.4 is 5.32 Å². The Morgan fingerprint density at radius 2 is 0.805 bits per heavy atom. The molecule has 2 heterocycles. The summed E-state index contributed by atoms with van der Waals surface area (Å²) in [5.41, 5.74) is 0. The number of amides is 1. The van der Waals surface area contributed by atoms with E-state index in [0.29, 0.717) is 12.8 Å². The molecule has 14 nitrogen and oxygen atoms in total. The molecule has 0 radical (unpaired) electrons. The van der Waals surface area contributed by atoms with Crippen molar-refractivity contribution in [3.8, 4) is 0 Å². The van der Waals surface area contributed by atoms with Crippen LogP contribution in [0.4, 0.5) is 0 Å². The monoisotopic (exact) mass is 1220 g/mol. The van der Waals surface area contributed by atoms with E-state index in [1.54, 1.807) is 6.08 Å². The number of hydrogen-bond donors (Lipinski definition) is 9. The first-order valence-electron chi connectivity index (χ1n) is 33.9. The molecular formula is C73H121NO13. The van der Waals surface area contributed by atoms with E-state index in [4.69, 9.17) is 18.9 Å². The summed E-state index contributed by atoms with van der Waals surface area (Å²) in [4.78, 5) is 13.3. The summed E-state index contributed by atoms with van der Waals surface area (Å²) in [5, 5.41) is 87.2. The lowest BCUT2D eigenvalue weighted by atomic mass is 9.97. The molecule has 12 unspecified atom stereocenters. The number of aliphatic hydroxyl groups is 8. The first-order valence-corrected chi connectivity index (χ1v) is 33.9. The number of aliphatic hydroxyl groups excluding tert-OH is 8. The summed E-state index contributed by atoms with van der Waals surface area (Å²) in [5.74, 6) is -0.258. The molecule has 2 aliphatic heterocycles. The molecule has 2 aliphatic rings. The minimum absolute atomic E-state index is 0.258. The van der Waals surface area contributed by atoms with Crippen LogP contribution >= 0.6 is 0 Å². The highest BCUT2D eigenvalue weighted by Gasteiger charge is 2.51. The molecule has 12 atom stereocenters. The Kier molecular flexibility index (Phi) is 51.1. The van der Waals surface area contributed by atoms with Crippen LogP contribution in [0, 0.1) is 0 Å². The van der Waals surface area contributed by atoms with Gasteiger partial charge in [-0.25, -0.2) is 0 Å². The first-order chi connectivity index (χ1) is 42.6. The third-order valence-electron chi connectivity index (χ3n) is 15.6. The van der Waals surface area contributed by atoms with E-state index in [0.717, 1.165) is 96.3 Å². The summed E-state index contributed by atoms with van der Waals surface area (Å²) in [7, 11) is 0. The highest BCUT2D eigenvalue weighted by atomic mass is 16.7. The van der Waals surface area contributed by atoms with E-state index < -0.39 is 86.8 Å². The molecule has 14 heteroatoms. The van der Waals surface area contributed by atoms with Crippen LogP contribution in [0.25, 0.3) is 0 Å². The summed E-state index contributed by atoms with van der Waals surface area (Å²) in [6, 6.07) is -0.941. The molecule has 0 spiro atoms. The number of carbonyl (C=O) groups excluding carboxylic acids is 1. The summed E-state index contributed by atoms with van der Waals surface area (Å²) >= 11 is 0. The number of ether oxygens (including phenoxy) is 4. The number of allylic oxidation sites excluding steroid dienone is 21. The Labute approximate surface area is 526 Å². The third kappa shape index (κ3) is 40.5. The Morgan fingerprint density at radius 3 is 1.26 bits per heavy atom. The molecule has 0 saturated carbocycles. The van der Waals surface area contributed by atoms with Gasteiger partial charge in [0.2, 0.25) is 5.91 Å². The molecule has 1 amide bonds. The number of unbranched alkanes of at least 4 members (excludes halogenated alkanes) is 20. The second-order valence-electron chi connectivity index (χ2n) is 23.2. The van der Waals surface area contributed by atoms with E-state index in [9.17, 15) is 45.6 Å². The molecule has 0 aromatic heterocycles. The highest BCUT2D eigenvalue weighted by molar-refractivity contribution is 5.76. The van der Waals surface area contributed by atoms with Gasteiger partial charge in [0, 0.05) is 6.42 Å². The lowest BCUT2D eigenvalue weighted by Crippen LogP contribution is -2.65. The van der Waals surface area contributed by atoms with Gasteiger partial charge in [-0.2, -0.15) is 0 Å². The van der Waals surface area contributed by atoms with Gasteiger partial charge in [0.15, 0.2) is 12.6 Å². The van der Waals surface area contributed by atoms with Crippen molar-refractivity contribution in [1.82, 2.24) is 5.32 Å². The second kappa shape index (κ2) is 56.1. The average Bonchev–Trinajstić information content (AvgIpc) is 2.05. The maximum Gasteiger partial charge on any atom is 0.220 e. The fourth-order valence-corrected chi connectivity index (χ4v) is 10.2. The predicted molar refractivity (Wildman–Crippen MR) is 355 cm³/mol. The van der Waals surface area contributed by atoms with Gasteiger partial charge in [-0.3, -0.25) is 4.79 Å². The molecular weight excluding hydrogens is 1100 g/mol. The van der Waals surface area contributed by atoms with Gasteiger partial charge in [-0.15, -0.1) is 0 Å². The van der Waals surface area contributed by atoms with Crippen molar-refractivity contribution in [2.24, 2.45) is 0 Å². The van der Waals surface area contributed by atoms with Crippen LogP contribution in [0.5, 0.6) is 0 Å². The quantitative estimate of drug-likeness (QED) is 0.0204. The van der Waals surface area contributed by atoms with Gasteiger partial charge in [-0.1, -0.05) is 250 Å². The molecule has 87 heavy (non-hydrogen) atoms. The zero-order valence-electron chi connectivity index (χ0n) is 53.7. The Balaban J connectivity index is 1.63. The van der Waals surface area contributed by atoms with Gasteiger partial charge in [-0.05, 0) is 103 Å². The van der Waals surface area contributed by atoms with Crippen molar-refractivity contribution >= 4 is 5.91 Å². The van der Waals surface area contributed by atoms with E-state index in [2.05, 4.69) is 141 Å². The largest absolute Gasteiger partial charge is 0.394 e. The number of carbonyl (C=O) groups is 1. The second-order valence-corrected chi connectivity index (χ2v) is 23.2. The molecule has 0 aromatic rings. The van der Waals surface area contributed by atoms with Crippen LogP contribution in [0.15, 0.2) is 134 Å². The number of rotatable bonds is 53. The van der Waals surface area contributed by atoms with Crippen molar-refractivity contribution in [2.75, 3.05) is 19.8 Å². The minimum Gasteiger partial charge on any atom is -0.394 e. The van der Waals surface area contributed by atoms with E-state index >= 15 is 0 Å². The molecule has 0 aliphatic carbocycles. The molecule has 2 rings (SSSR count). The Morgan fingerprint density at radius 1 is 0.425 bits per heavy atom. The summed E-state index contributed by atoms with van der Waals surface area (Å²) in [6.45, 7) is 2.64. The van der Waals surface area contributed by atoms with E-state index in [1.165, 1.54) is 96.3 Å². The smallest absolute Gasteiger partial charge is 0.220 e. The number of nitrogens with one attached hydrogen (secondary N) is 1. The maximum atomic E-state index is 13.3. The lowest BCUT2D eigenvalue weighted by molar-refractivity contribution is -0.359. The SMILES string of the molecule is CC/C=C\C/C=C\C/C=C\C/C=C\C/C=C\C/C=C\C/C=C\C/C=C\C/C=C\CCCCCCCCCCCCCC(=O)NC(COC1OC(CO)C(OC2OC(CO)C(O)C(O)C2O)C(O)C1O)C(O)/C=C/CC/C=C/CCCCCCCCCC. The molecule has 2 saturated heterocycles. The minimum atomic E-state index is -1.80. The maximum absolute atomic E-state index is 13.3. The van der Waals surface area contributed by atoms with Crippen molar-refractivity contribution < 1.29 is 64.6 Å². The van der Waals surface area contributed by atoms with Gasteiger partial charge in [0.1, 0.15) is 48.8 Å². The van der Waals surface area contributed by atoms with Crippen LogP contribution in [0.2, 0.25) is 0 Å². The summed E-state index contributed by atoms with van der Waals surface area (Å²) in [6.07, 6.45) is 66.5. The molecule has 496 valence electrons. The van der Waals surface area contributed by atoms with E-state index in [-0.39, 0.29) is 18.9 Å². The van der Waals surface area contributed by atoms with Crippen LogP contribution in [-0.4, -0.2) is 140 Å². The normalized spacial score (nSPS) is 24.2. The molecule has 2 fully saturated rings. The van der Waals surface area contributed by atoms with Gasteiger partial charge < -0.3 is 65.1 Å².